The lowest BCUT2D eigenvalue weighted by molar-refractivity contribution is 0.458. The van der Waals surface area contributed by atoms with Crippen LogP contribution in [0.2, 0.25) is 0 Å². The molecule has 0 spiro atoms. The van der Waals surface area contributed by atoms with E-state index in [0.29, 0.717) is 34.4 Å². The largest absolute Gasteiger partial charge is 0.305 e. The highest BCUT2D eigenvalue weighted by Gasteiger charge is 2.35. The second-order valence-corrected chi connectivity index (χ2v) is 6.91. The summed E-state index contributed by atoms with van der Waals surface area (Å²) in [5.41, 5.74) is 1.99. The standard InChI is InChI=1S/C20H17FN6O/c1-27-19(23-10-24-27)16-17(11-5-3-2-4-6-11)22-9-12-7-13(21)8-14-15(12)18(16)25-26-20(14)28/h2-8,10,16-17,22H,9H2,1H3,(H,26,28). The van der Waals surface area contributed by atoms with Crippen LogP contribution in [-0.4, -0.2) is 25.0 Å². The van der Waals surface area contributed by atoms with E-state index in [9.17, 15) is 9.18 Å². The van der Waals surface area contributed by atoms with E-state index in [4.69, 9.17) is 0 Å². The first-order valence-electron chi connectivity index (χ1n) is 8.96. The third kappa shape index (κ3) is 2.53. The fourth-order valence-corrected chi connectivity index (χ4v) is 4.06. The molecule has 0 bridgehead atoms. The molecule has 1 aliphatic rings. The molecule has 7 nitrogen and oxygen atoms in total. The molecule has 2 aromatic carbocycles. The lowest BCUT2D eigenvalue weighted by Gasteiger charge is -2.25. The summed E-state index contributed by atoms with van der Waals surface area (Å²) in [5, 5.41) is 15.6. The van der Waals surface area contributed by atoms with Gasteiger partial charge < -0.3 is 5.32 Å². The van der Waals surface area contributed by atoms with Crippen molar-refractivity contribution in [1.82, 2.24) is 30.3 Å². The van der Waals surface area contributed by atoms with Gasteiger partial charge in [-0.3, -0.25) is 9.48 Å². The summed E-state index contributed by atoms with van der Waals surface area (Å²) in [4.78, 5) is 16.8. The number of H-pyrrole nitrogens is 1. The second-order valence-electron chi connectivity index (χ2n) is 6.91. The van der Waals surface area contributed by atoms with Crippen molar-refractivity contribution in [3.8, 4) is 0 Å². The van der Waals surface area contributed by atoms with Crippen LogP contribution in [0.3, 0.4) is 0 Å². The summed E-state index contributed by atoms with van der Waals surface area (Å²) in [6.45, 7) is 0.403. The molecule has 5 rings (SSSR count). The van der Waals surface area contributed by atoms with Gasteiger partial charge in [-0.25, -0.2) is 14.5 Å². The van der Waals surface area contributed by atoms with Crippen LogP contribution in [0.4, 0.5) is 4.39 Å². The normalized spacial score (nSPS) is 18.9. The Hall–Kier alpha value is -3.39. The molecule has 140 valence electrons. The Labute approximate surface area is 159 Å². The van der Waals surface area contributed by atoms with Crippen molar-refractivity contribution in [2.24, 2.45) is 7.05 Å². The first-order valence-corrected chi connectivity index (χ1v) is 8.96. The molecule has 2 aromatic heterocycles. The van der Waals surface area contributed by atoms with Crippen LogP contribution >= 0.6 is 0 Å². The van der Waals surface area contributed by atoms with Crippen LogP contribution < -0.4 is 10.9 Å². The van der Waals surface area contributed by atoms with Gasteiger partial charge in [0.15, 0.2) is 0 Å². The Morgan fingerprint density at radius 2 is 2.04 bits per heavy atom. The monoisotopic (exact) mass is 376 g/mol. The molecule has 0 amide bonds. The Kier molecular flexibility index (Phi) is 3.80. The molecule has 2 N–H and O–H groups in total. The van der Waals surface area contributed by atoms with Crippen LogP contribution in [0.5, 0.6) is 0 Å². The maximum absolute atomic E-state index is 14.2. The predicted octanol–water partition coefficient (Wildman–Crippen LogP) is 2.17. The van der Waals surface area contributed by atoms with Gasteiger partial charge in [0.05, 0.1) is 17.0 Å². The fourth-order valence-electron chi connectivity index (χ4n) is 4.06. The molecule has 0 saturated heterocycles. The molecule has 0 fully saturated rings. The van der Waals surface area contributed by atoms with Crippen molar-refractivity contribution in [2.75, 3.05) is 0 Å². The molecule has 8 heteroatoms. The number of aromatic nitrogens is 5. The summed E-state index contributed by atoms with van der Waals surface area (Å²) < 4.78 is 15.9. The molecule has 28 heavy (non-hydrogen) atoms. The third-order valence-electron chi connectivity index (χ3n) is 5.29. The van der Waals surface area contributed by atoms with Crippen molar-refractivity contribution >= 4 is 10.8 Å². The molecule has 3 heterocycles. The zero-order valence-electron chi connectivity index (χ0n) is 15.1. The van der Waals surface area contributed by atoms with Crippen molar-refractivity contribution < 1.29 is 4.39 Å². The van der Waals surface area contributed by atoms with Crippen LogP contribution in [0.25, 0.3) is 10.8 Å². The van der Waals surface area contributed by atoms with E-state index in [1.807, 2.05) is 37.4 Å². The van der Waals surface area contributed by atoms with E-state index < -0.39 is 11.4 Å². The number of nitrogens with one attached hydrogen (secondary N) is 2. The zero-order valence-corrected chi connectivity index (χ0v) is 15.1. The minimum Gasteiger partial charge on any atom is -0.305 e. The summed E-state index contributed by atoms with van der Waals surface area (Å²) in [6.07, 6.45) is 1.50. The molecule has 2 unspecified atom stereocenters. The zero-order chi connectivity index (χ0) is 19.3. The number of nitrogens with zero attached hydrogens (tertiary/aromatic N) is 4. The quantitative estimate of drug-likeness (QED) is 0.560. The smallest absolute Gasteiger partial charge is 0.272 e. The predicted molar refractivity (Wildman–Crippen MR) is 101 cm³/mol. The van der Waals surface area contributed by atoms with Gasteiger partial charge in [-0.1, -0.05) is 30.3 Å². The Bertz CT molecular complexity index is 1230. The molecule has 0 radical (unpaired) electrons. The van der Waals surface area contributed by atoms with Crippen molar-refractivity contribution in [1.29, 1.82) is 0 Å². The van der Waals surface area contributed by atoms with Crippen LogP contribution in [0.1, 0.15) is 34.6 Å². The van der Waals surface area contributed by atoms with E-state index in [1.165, 1.54) is 18.5 Å². The SMILES string of the molecule is Cn1ncnc1C1c2n[nH]c(=O)c3cc(F)cc(c23)CNC1c1ccccc1. The molecular weight excluding hydrogens is 359 g/mol. The summed E-state index contributed by atoms with van der Waals surface area (Å²) in [6, 6.07) is 12.5. The van der Waals surface area contributed by atoms with E-state index in [0.717, 1.165) is 5.56 Å². The van der Waals surface area contributed by atoms with E-state index >= 15 is 0 Å². The molecule has 2 atom stereocenters. The van der Waals surface area contributed by atoms with Crippen LogP contribution in [-0.2, 0) is 13.6 Å². The summed E-state index contributed by atoms with van der Waals surface area (Å²) in [5.74, 6) is -0.0549. The first kappa shape index (κ1) is 16.8. The number of aromatic amines is 1. The Morgan fingerprint density at radius 1 is 1.21 bits per heavy atom. The second kappa shape index (κ2) is 6.35. The van der Waals surface area contributed by atoms with Gasteiger partial charge in [0.1, 0.15) is 18.0 Å². The average molecular weight is 376 g/mol. The van der Waals surface area contributed by atoms with E-state index in [2.05, 4.69) is 25.6 Å². The highest BCUT2D eigenvalue weighted by molar-refractivity contribution is 5.88. The van der Waals surface area contributed by atoms with E-state index in [1.54, 1.807) is 4.68 Å². The number of hydrogen-bond donors (Lipinski definition) is 2. The number of hydrogen-bond acceptors (Lipinski definition) is 5. The fraction of sp³-hybridized carbons (Fsp3) is 0.200. The van der Waals surface area contributed by atoms with Gasteiger partial charge in [-0.15, -0.1) is 0 Å². The minimum atomic E-state index is -0.444. The van der Waals surface area contributed by atoms with Gasteiger partial charge in [-0.05, 0) is 23.3 Å². The van der Waals surface area contributed by atoms with Crippen LogP contribution in [0, 0.1) is 5.82 Å². The molecule has 1 aliphatic heterocycles. The highest BCUT2D eigenvalue weighted by atomic mass is 19.1. The maximum atomic E-state index is 14.2. The number of rotatable bonds is 2. The number of benzene rings is 2. The van der Waals surface area contributed by atoms with Gasteiger partial charge in [-0.2, -0.15) is 10.2 Å². The first-order chi connectivity index (χ1) is 13.6. The molecule has 0 saturated carbocycles. The summed E-state index contributed by atoms with van der Waals surface area (Å²) >= 11 is 0. The van der Waals surface area contributed by atoms with Gasteiger partial charge in [0, 0.05) is 25.0 Å². The van der Waals surface area contributed by atoms with Crippen LogP contribution in [0.15, 0.2) is 53.6 Å². The van der Waals surface area contributed by atoms with Gasteiger partial charge in [0.25, 0.3) is 5.56 Å². The third-order valence-corrected chi connectivity index (χ3v) is 5.29. The summed E-state index contributed by atoms with van der Waals surface area (Å²) in [7, 11) is 1.82. The Balaban J connectivity index is 1.85. The lowest BCUT2D eigenvalue weighted by atomic mass is 9.88. The maximum Gasteiger partial charge on any atom is 0.272 e. The number of aryl methyl sites for hydroxylation is 1. The molecule has 4 aromatic rings. The minimum absolute atomic E-state index is 0.179. The lowest BCUT2D eigenvalue weighted by Crippen LogP contribution is -2.28. The number of halogens is 1. The van der Waals surface area contributed by atoms with Crippen molar-refractivity contribution in [3.05, 3.63) is 87.6 Å². The highest BCUT2D eigenvalue weighted by Crippen LogP contribution is 2.40. The van der Waals surface area contributed by atoms with Crippen molar-refractivity contribution in [3.63, 3.8) is 0 Å². The van der Waals surface area contributed by atoms with Crippen molar-refractivity contribution in [2.45, 2.75) is 18.5 Å². The van der Waals surface area contributed by atoms with Gasteiger partial charge >= 0.3 is 0 Å². The molecule has 0 aliphatic carbocycles. The Morgan fingerprint density at radius 3 is 2.79 bits per heavy atom. The molecular formula is C20H17FN6O. The average Bonchev–Trinajstić information content (AvgIpc) is 3.05. The van der Waals surface area contributed by atoms with E-state index in [-0.39, 0.29) is 12.0 Å². The topological polar surface area (TPSA) is 88.5 Å². The van der Waals surface area contributed by atoms with Gasteiger partial charge in [0.2, 0.25) is 0 Å².